The Kier molecular flexibility index (Phi) is 8.25. The minimum absolute atomic E-state index is 0. The number of para-hydroxylation sites is 1. The monoisotopic (exact) mass is 525 g/mol. The maximum Gasteiger partial charge on any atom is 0.225 e. The number of hydrogen-bond donors (Lipinski definition) is 2. The lowest BCUT2D eigenvalue weighted by Gasteiger charge is -2.26. The van der Waals surface area contributed by atoms with Gasteiger partial charge in [0.15, 0.2) is 5.96 Å². The van der Waals surface area contributed by atoms with Crippen LogP contribution in [0.25, 0.3) is 0 Å². The summed E-state index contributed by atoms with van der Waals surface area (Å²) < 4.78 is 0. The van der Waals surface area contributed by atoms with Crippen LogP contribution in [0.3, 0.4) is 0 Å². The molecule has 6 nitrogen and oxygen atoms in total. The fourth-order valence-electron chi connectivity index (χ4n) is 5.16. The number of guanidine groups is 1. The molecular weight excluding hydrogens is 489 g/mol. The summed E-state index contributed by atoms with van der Waals surface area (Å²) in [5.41, 5.74) is 2.81. The predicted octanol–water partition coefficient (Wildman–Crippen LogP) is 3.01. The van der Waals surface area contributed by atoms with Crippen LogP contribution < -0.4 is 15.5 Å². The fraction of sp³-hybridized carbons (Fsp3) is 0.652. The summed E-state index contributed by atoms with van der Waals surface area (Å²) in [5, 5.41) is 6.99. The van der Waals surface area contributed by atoms with Crippen molar-refractivity contribution in [1.82, 2.24) is 15.5 Å². The van der Waals surface area contributed by atoms with Gasteiger partial charge in [-0.3, -0.25) is 9.79 Å². The number of carbonyl (C=O) groups excluding carboxylic acids is 1. The van der Waals surface area contributed by atoms with Gasteiger partial charge in [0, 0.05) is 56.9 Å². The molecule has 1 saturated heterocycles. The van der Waals surface area contributed by atoms with Crippen LogP contribution in [0.1, 0.15) is 44.6 Å². The van der Waals surface area contributed by atoms with E-state index in [9.17, 15) is 4.79 Å². The molecule has 2 unspecified atom stereocenters. The summed E-state index contributed by atoms with van der Waals surface area (Å²) in [4.78, 5) is 21.6. The van der Waals surface area contributed by atoms with Crippen LogP contribution in [0.2, 0.25) is 0 Å². The Morgan fingerprint density at radius 2 is 1.97 bits per heavy atom. The molecule has 1 saturated carbocycles. The number of rotatable bonds is 5. The van der Waals surface area contributed by atoms with Crippen molar-refractivity contribution < 1.29 is 4.79 Å². The first-order valence-corrected chi connectivity index (χ1v) is 11.3. The van der Waals surface area contributed by atoms with Gasteiger partial charge in [-0.1, -0.05) is 31.0 Å². The van der Waals surface area contributed by atoms with Gasteiger partial charge in [-0.05, 0) is 44.2 Å². The largest absolute Gasteiger partial charge is 0.367 e. The second-order valence-electron chi connectivity index (χ2n) is 8.77. The first kappa shape index (κ1) is 23.2. The van der Waals surface area contributed by atoms with Gasteiger partial charge in [0.05, 0.1) is 0 Å². The van der Waals surface area contributed by atoms with E-state index in [0.717, 1.165) is 57.8 Å². The maximum atomic E-state index is 12.6. The molecule has 3 aliphatic rings. The van der Waals surface area contributed by atoms with E-state index in [-0.39, 0.29) is 35.9 Å². The zero-order valence-electron chi connectivity index (χ0n) is 18.3. The lowest BCUT2D eigenvalue weighted by molar-refractivity contribution is -0.134. The second kappa shape index (κ2) is 10.7. The van der Waals surface area contributed by atoms with Crippen LogP contribution in [0.15, 0.2) is 29.3 Å². The van der Waals surface area contributed by atoms with Gasteiger partial charge >= 0.3 is 0 Å². The molecule has 0 spiro atoms. The van der Waals surface area contributed by atoms with Crippen molar-refractivity contribution in [2.75, 3.05) is 38.1 Å². The highest BCUT2D eigenvalue weighted by Gasteiger charge is 2.32. The Bertz CT molecular complexity index is 749. The zero-order chi connectivity index (χ0) is 20.2. The van der Waals surface area contributed by atoms with Crippen LogP contribution in [0.5, 0.6) is 0 Å². The Morgan fingerprint density at radius 3 is 2.73 bits per heavy atom. The van der Waals surface area contributed by atoms with E-state index in [1.54, 1.807) is 0 Å². The van der Waals surface area contributed by atoms with E-state index in [4.69, 9.17) is 0 Å². The molecule has 1 amide bonds. The summed E-state index contributed by atoms with van der Waals surface area (Å²) in [5.74, 6) is 1.48. The third-order valence-corrected chi connectivity index (χ3v) is 6.76. The number of nitrogens with one attached hydrogen (secondary N) is 2. The molecule has 1 aliphatic carbocycles. The fourth-order valence-corrected chi connectivity index (χ4v) is 5.16. The summed E-state index contributed by atoms with van der Waals surface area (Å²) in [6.45, 7) is 5.76. The van der Waals surface area contributed by atoms with Crippen LogP contribution >= 0.6 is 24.0 Å². The number of hydrogen-bond acceptors (Lipinski definition) is 3. The van der Waals surface area contributed by atoms with Crippen molar-refractivity contribution in [2.24, 2.45) is 10.9 Å². The first-order chi connectivity index (χ1) is 14.2. The predicted molar refractivity (Wildman–Crippen MR) is 134 cm³/mol. The van der Waals surface area contributed by atoms with Gasteiger partial charge in [0.1, 0.15) is 0 Å². The Morgan fingerprint density at radius 1 is 1.20 bits per heavy atom. The molecule has 0 bridgehead atoms. The van der Waals surface area contributed by atoms with E-state index in [0.29, 0.717) is 11.9 Å². The minimum atomic E-state index is 0. The zero-order valence-corrected chi connectivity index (χ0v) is 20.6. The lowest BCUT2D eigenvalue weighted by atomic mass is 10.1. The summed E-state index contributed by atoms with van der Waals surface area (Å²) in [7, 11) is 1.82. The van der Waals surface area contributed by atoms with Crippen molar-refractivity contribution in [2.45, 2.75) is 57.5 Å². The number of amides is 1. The van der Waals surface area contributed by atoms with Crippen molar-refractivity contribution in [3.8, 4) is 0 Å². The number of anilines is 1. The van der Waals surface area contributed by atoms with Gasteiger partial charge in [-0.2, -0.15) is 0 Å². The Balaban J connectivity index is 0.00000256. The summed E-state index contributed by atoms with van der Waals surface area (Å²) in [6.07, 6.45) is 6.69. The highest BCUT2D eigenvalue weighted by atomic mass is 127. The number of fused-ring (bicyclic) bond motifs is 1. The summed E-state index contributed by atoms with van der Waals surface area (Å²) in [6, 6.07) is 9.53. The normalized spacial score (nSPS) is 24.0. The standard InChI is InChI=1S/C23H35N5O.HI/c1-17-15-19-9-5-6-10-21(19)28(17)14-12-25-23(24-2)26-20-11-13-27(16-20)22(29)18-7-3-4-8-18;/h5-6,9-10,17-18,20H,3-4,7-8,11-16H2,1-2H3,(H2,24,25,26);1H. The molecule has 1 aromatic rings. The van der Waals surface area contributed by atoms with E-state index in [1.807, 2.05) is 7.05 Å². The average molecular weight is 525 g/mol. The van der Waals surface area contributed by atoms with Gasteiger partial charge in [0.25, 0.3) is 0 Å². The lowest BCUT2D eigenvalue weighted by Crippen LogP contribution is -2.47. The molecule has 0 radical (unpaired) electrons. The smallest absolute Gasteiger partial charge is 0.225 e. The van der Waals surface area contributed by atoms with Gasteiger partial charge < -0.3 is 20.4 Å². The maximum absolute atomic E-state index is 12.6. The van der Waals surface area contributed by atoms with E-state index in [2.05, 4.69) is 56.6 Å². The number of carbonyl (C=O) groups is 1. The topological polar surface area (TPSA) is 60.0 Å². The third kappa shape index (κ3) is 5.21. The van der Waals surface area contributed by atoms with Crippen LogP contribution in [0.4, 0.5) is 5.69 Å². The molecule has 2 atom stereocenters. The quantitative estimate of drug-likeness (QED) is 0.353. The number of halogens is 1. The number of nitrogens with zero attached hydrogens (tertiary/aromatic N) is 3. The molecule has 30 heavy (non-hydrogen) atoms. The number of likely N-dealkylation sites (tertiary alicyclic amines) is 1. The van der Waals surface area contributed by atoms with E-state index in [1.165, 1.54) is 24.1 Å². The van der Waals surface area contributed by atoms with Gasteiger partial charge in [-0.25, -0.2) is 0 Å². The minimum Gasteiger partial charge on any atom is -0.367 e. The van der Waals surface area contributed by atoms with Crippen molar-refractivity contribution in [1.29, 1.82) is 0 Å². The van der Waals surface area contributed by atoms with Crippen molar-refractivity contribution in [3.63, 3.8) is 0 Å². The molecule has 2 aliphatic heterocycles. The van der Waals surface area contributed by atoms with E-state index >= 15 is 0 Å². The average Bonchev–Trinajstić information content (AvgIpc) is 3.47. The molecule has 4 rings (SSSR count). The highest BCUT2D eigenvalue weighted by Crippen LogP contribution is 2.31. The highest BCUT2D eigenvalue weighted by molar-refractivity contribution is 14.0. The molecule has 2 N–H and O–H groups in total. The number of aliphatic imine (C=N–C) groups is 1. The SMILES string of the molecule is CN=C(NCCN1c2ccccc2CC1C)NC1CCN(C(=O)C2CCCC2)C1.I. The molecule has 166 valence electrons. The van der Waals surface area contributed by atoms with Gasteiger partial charge in [-0.15, -0.1) is 24.0 Å². The number of benzene rings is 1. The van der Waals surface area contributed by atoms with Gasteiger partial charge in [0.2, 0.25) is 5.91 Å². The first-order valence-electron chi connectivity index (χ1n) is 11.3. The van der Waals surface area contributed by atoms with Crippen LogP contribution in [-0.2, 0) is 11.2 Å². The summed E-state index contributed by atoms with van der Waals surface area (Å²) >= 11 is 0. The van der Waals surface area contributed by atoms with Crippen LogP contribution in [-0.4, -0.2) is 62.1 Å². The molecule has 0 aromatic heterocycles. The molecule has 1 aromatic carbocycles. The van der Waals surface area contributed by atoms with Crippen molar-refractivity contribution >= 4 is 41.5 Å². The third-order valence-electron chi connectivity index (χ3n) is 6.76. The van der Waals surface area contributed by atoms with Crippen LogP contribution in [0, 0.1) is 5.92 Å². The Hall–Kier alpha value is -1.51. The molecule has 2 fully saturated rings. The Labute approximate surface area is 197 Å². The second-order valence-corrected chi connectivity index (χ2v) is 8.77. The molecule has 7 heteroatoms. The van der Waals surface area contributed by atoms with E-state index < -0.39 is 0 Å². The molecule has 2 heterocycles. The molecular formula is C23H36IN5O. The van der Waals surface area contributed by atoms with Crippen molar-refractivity contribution in [3.05, 3.63) is 29.8 Å².